The first-order valence-corrected chi connectivity index (χ1v) is 11.5. The van der Waals surface area contributed by atoms with Crippen LogP contribution >= 0.6 is 11.6 Å². The van der Waals surface area contributed by atoms with Crippen molar-refractivity contribution in [1.82, 2.24) is 14.9 Å². The largest absolute Gasteiger partial charge is 0.444 e. The maximum atomic E-state index is 12.3. The zero-order valence-corrected chi connectivity index (χ0v) is 20.0. The van der Waals surface area contributed by atoms with Gasteiger partial charge in [-0.1, -0.05) is 23.7 Å². The quantitative estimate of drug-likeness (QED) is 0.661. The Morgan fingerprint density at radius 3 is 2.44 bits per heavy atom. The van der Waals surface area contributed by atoms with Gasteiger partial charge in [-0.3, -0.25) is 0 Å². The minimum atomic E-state index is -0.495. The van der Waals surface area contributed by atoms with E-state index in [4.69, 9.17) is 21.3 Å². The Kier molecular flexibility index (Phi) is 7.96. The van der Waals surface area contributed by atoms with Gasteiger partial charge in [-0.2, -0.15) is 0 Å². The predicted molar refractivity (Wildman–Crippen MR) is 126 cm³/mol. The summed E-state index contributed by atoms with van der Waals surface area (Å²) in [5, 5.41) is 14.0. The van der Waals surface area contributed by atoms with Gasteiger partial charge < -0.3 is 20.1 Å². The zero-order chi connectivity index (χ0) is 23.3. The van der Waals surface area contributed by atoms with Crippen LogP contribution in [0.4, 0.5) is 10.7 Å². The van der Waals surface area contributed by atoms with Crippen LogP contribution < -0.4 is 5.32 Å². The van der Waals surface area contributed by atoms with Gasteiger partial charge in [0.15, 0.2) is 0 Å². The van der Waals surface area contributed by atoms with Crippen molar-refractivity contribution in [3.8, 4) is 0 Å². The number of amides is 1. The maximum Gasteiger partial charge on any atom is 0.410 e. The lowest BCUT2D eigenvalue weighted by molar-refractivity contribution is 0.0210. The summed E-state index contributed by atoms with van der Waals surface area (Å²) in [6.07, 6.45) is 1.93. The number of ether oxygens (including phenoxy) is 1. The minimum Gasteiger partial charge on any atom is -0.444 e. The monoisotopic (exact) mass is 460 g/mol. The molecule has 1 fully saturated rings. The molecule has 0 spiro atoms. The van der Waals surface area contributed by atoms with E-state index in [1.807, 2.05) is 51.1 Å². The number of nitrogens with one attached hydrogen (secondary N) is 1. The molecule has 2 heterocycles. The molecule has 174 valence electrons. The summed E-state index contributed by atoms with van der Waals surface area (Å²) in [5.41, 5.74) is 2.29. The van der Waals surface area contributed by atoms with Crippen LogP contribution in [-0.4, -0.2) is 56.9 Å². The van der Waals surface area contributed by atoms with E-state index in [2.05, 4.69) is 10.3 Å². The molecule has 0 aliphatic carbocycles. The topological polar surface area (TPSA) is 87.6 Å². The highest BCUT2D eigenvalue weighted by Crippen LogP contribution is 2.20. The van der Waals surface area contributed by atoms with Crippen LogP contribution in [0, 0.1) is 0 Å². The van der Waals surface area contributed by atoms with Crippen molar-refractivity contribution >= 4 is 23.6 Å². The molecular formula is C24H33ClN4O3. The number of halogens is 1. The molecule has 2 aromatic rings. The fraction of sp³-hybridized carbons (Fsp3) is 0.542. The predicted octanol–water partition coefficient (Wildman–Crippen LogP) is 4.46. The van der Waals surface area contributed by atoms with Crippen LogP contribution in [0.15, 0.2) is 30.3 Å². The second kappa shape index (κ2) is 10.5. The maximum absolute atomic E-state index is 12.3. The summed E-state index contributed by atoms with van der Waals surface area (Å²) < 4.78 is 5.47. The second-order valence-electron chi connectivity index (χ2n) is 9.42. The summed E-state index contributed by atoms with van der Waals surface area (Å²) >= 11 is 6.00. The number of aromatic nitrogens is 2. The standard InChI is InChI=1S/C24H33ClN4O3/c1-16(30)13-20-15-21(14-17-5-7-18(25)8-6-17)28-22(27-20)26-19-9-11-29(12-10-19)23(31)32-24(2,3)4/h5-8,15-16,19,30H,9-14H2,1-4H3,(H,26,27,28). The number of piperidine rings is 1. The van der Waals surface area contributed by atoms with E-state index in [0.29, 0.717) is 36.9 Å². The summed E-state index contributed by atoms with van der Waals surface area (Å²) in [5.74, 6) is 0.558. The average Bonchev–Trinajstić information content (AvgIpc) is 2.68. The lowest BCUT2D eigenvalue weighted by Crippen LogP contribution is -2.44. The van der Waals surface area contributed by atoms with Crippen LogP contribution in [0.3, 0.4) is 0 Å². The molecule has 0 radical (unpaired) electrons. The summed E-state index contributed by atoms with van der Waals surface area (Å²) in [6, 6.07) is 9.81. The first-order chi connectivity index (χ1) is 15.1. The molecule has 1 aliphatic rings. The van der Waals surface area contributed by atoms with Crippen molar-refractivity contribution in [2.75, 3.05) is 18.4 Å². The van der Waals surface area contributed by atoms with Crippen molar-refractivity contribution in [3.63, 3.8) is 0 Å². The summed E-state index contributed by atoms with van der Waals surface area (Å²) in [4.78, 5) is 23.4. The van der Waals surface area contributed by atoms with Gasteiger partial charge in [0.1, 0.15) is 5.60 Å². The van der Waals surface area contributed by atoms with Gasteiger partial charge in [-0.15, -0.1) is 0 Å². The Bertz CT molecular complexity index is 904. The first kappa shape index (κ1) is 24.3. The number of anilines is 1. The Morgan fingerprint density at radius 1 is 1.22 bits per heavy atom. The SMILES string of the molecule is CC(O)Cc1cc(Cc2ccc(Cl)cc2)nc(NC2CCN(C(=O)OC(C)(C)C)CC2)n1. The number of hydrogen-bond donors (Lipinski definition) is 2. The van der Waals surface area contributed by atoms with Crippen LogP contribution in [0.25, 0.3) is 0 Å². The number of aliphatic hydroxyl groups is 1. The highest BCUT2D eigenvalue weighted by molar-refractivity contribution is 6.30. The number of carbonyl (C=O) groups is 1. The molecule has 8 heteroatoms. The van der Waals surface area contributed by atoms with Gasteiger partial charge in [0.05, 0.1) is 11.8 Å². The Morgan fingerprint density at radius 2 is 1.84 bits per heavy atom. The molecule has 32 heavy (non-hydrogen) atoms. The molecule has 0 saturated carbocycles. The van der Waals surface area contributed by atoms with Crippen LogP contribution in [0.2, 0.25) is 5.02 Å². The molecule has 1 aromatic heterocycles. The van der Waals surface area contributed by atoms with E-state index in [0.717, 1.165) is 29.8 Å². The van der Waals surface area contributed by atoms with E-state index >= 15 is 0 Å². The molecular weight excluding hydrogens is 428 g/mol. The number of benzene rings is 1. The van der Waals surface area contributed by atoms with Gasteiger partial charge in [-0.25, -0.2) is 14.8 Å². The molecule has 1 unspecified atom stereocenters. The smallest absolute Gasteiger partial charge is 0.410 e. The molecule has 1 aliphatic heterocycles. The Hall–Kier alpha value is -2.38. The van der Waals surface area contributed by atoms with Gasteiger partial charge in [0, 0.05) is 42.7 Å². The number of rotatable bonds is 6. The molecule has 1 saturated heterocycles. The fourth-order valence-corrected chi connectivity index (χ4v) is 3.77. The van der Waals surface area contributed by atoms with E-state index in [-0.39, 0.29) is 12.1 Å². The summed E-state index contributed by atoms with van der Waals surface area (Å²) in [7, 11) is 0. The van der Waals surface area contributed by atoms with Crippen LogP contribution in [-0.2, 0) is 17.6 Å². The van der Waals surface area contributed by atoms with Crippen molar-refractivity contribution in [3.05, 3.63) is 52.3 Å². The molecule has 1 atom stereocenters. The number of likely N-dealkylation sites (tertiary alicyclic amines) is 1. The number of hydrogen-bond acceptors (Lipinski definition) is 6. The van der Waals surface area contributed by atoms with Crippen LogP contribution in [0.5, 0.6) is 0 Å². The number of aliphatic hydroxyl groups excluding tert-OH is 1. The lowest BCUT2D eigenvalue weighted by atomic mass is 10.1. The molecule has 1 aromatic carbocycles. The van der Waals surface area contributed by atoms with Crippen LogP contribution in [0.1, 0.15) is 57.5 Å². The normalized spacial score (nSPS) is 16.0. The highest BCUT2D eigenvalue weighted by atomic mass is 35.5. The first-order valence-electron chi connectivity index (χ1n) is 11.1. The molecule has 1 amide bonds. The van der Waals surface area contributed by atoms with E-state index < -0.39 is 11.7 Å². The van der Waals surface area contributed by atoms with Crippen molar-refractivity contribution in [2.24, 2.45) is 0 Å². The second-order valence-corrected chi connectivity index (χ2v) is 9.85. The number of carbonyl (C=O) groups excluding carboxylic acids is 1. The Labute approximate surface area is 195 Å². The van der Waals surface area contributed by atoms with Crippen molar-refractivity contribution in [1.29, 1.82) is 0 Å². The molecule has 0 bridgehead atoms. The number of nitrogens with zero attached hydrogens (tertiary/aromatic N) is 3. The fourth-order valence-electron chi connectivity index (χ4n) is 3.64. The molecule has 3 rings (SSSR count). The lowest BCUT2D eigenvalue weighted by Gasteiger charge is -2.33. The molecule has 7 nitrogen and oxygen atoms in total. The highest BCUT2D eigenvalue weighted by Gasteiger charge is 2.27. The van der Waals surface area contributed by atoms with Gasteiger partial charge in [0.25, 0.3) is 0 Å². The molecule has 2 N–H and O–H groups in total. The van der Waals surface area contributed by atoms with Gasteiger partial charge >= 0.3 is 6.09 Å². The Balaban J connectivity index is 1.66. The zero-order valence-electron chi connectivity index (χ0n) is 19.3. The third-order valence-corrected chi connectivity index (χ3v) is 5.37. The average molecular weight is 461 g/mol. The third kappa shape index (κ3) is 7.64. The minimum absolute atomic E-state index is 0.166. The van der Waals surface area contributed by atoms with E-state index in [9.17, 15) is 9.90 Å². The van der Waals surface area contributed by atoms with E-state index in [1.54, 1.807) is 11.8 Å². The van der Waals surface area contributed by atoms with Crippen molar-refractivity contribution in [2.45, 2.75) is 71.1 Å². The van der Waals surface area contributed by atoms with Gasteiger partial charge in [-0.05, 0) is 64.3 Å². The van der Waals surface area contributed by atoms with Crippen molar-refractivity contribution < 1.29 is 14.6 Å². The third-order valence-electron chi connectivity index (χ3n) is 5.12. The van der Waals surface area contributed by atoms with E-state index in [1.165, 1.54) is 0 Å². The van der Waals surface area contributed by atoms with Gasteiger partial charge in [0.2, 0.25) is 5.95 Å². The summed E-state index contributed by atoms with van der Waals surface area (Å²) in [6.45, 7) is 8.62.